The van der Waals surface area contributed by atoms with E-state index in [-0.39, 0.29) is 17.9 Å². The first kappa shape index (κ1) is 17.2. The van der Waals surface area contributed by atoms with Crippen LogP contribution in [0.3, 0.4) is 0 Å². The summed E-state index contributed by atoms with van der Waals surface area (Å²) in [6, 6.07) is 0. The summed E-state index contributed by atoms with van der Waals surface area (Å²) in [7, 11) is 5.22. The Bertz CT molecular complexity index is 760. The maximum atomic E-state index is 13.1. The molecule has 26 heavy (non-hydrogen) atoms. The van der Waals surface area contributed by atoms with Gasteiger partial charge in [0, 0.05) is 46.1 Å². The molecule has 8 heteroatoms. The van der Waals surface area contributed by atoms with E-state index in [1.807, 2.05) is 25.4 Å². The molecule has 140 valence electrons. The lowest BCUT2D eigenvalue weighted by atomic mass is 9.76. The number of aromatic nitrogens is 2. The molecule has 1 spiro atoms. The molecule has 2 amide bonds. The Labute approximate surface area is 152 Å². The number of hydrogen-bond donors (Lipinski definition) is 0. The maximum Gasteiger partial charge on any atom is 0.230 e. The molecule has 0 radical (unpaired) electrons. The van der Waals surface area contributed by atoms with Crippen molar-refractivity contribution in [1.29, 1.82) is 0 Å². The first-order valence-corrected chi connectivity index (χ1v) is 8.82. The summed E-state index contributed by atoms with van der Waals surface area (Å²) >= 11 is 0. The number of amides is 2. The van der Waals surface area contributed by atoms with Crippen molar-refractivity contribution in [2.45, 2.75) is 18.2 Å². The van der Waals surface area contributed by atoms with Crippen LogP contribution in [-0.2, 0) is 32.7 Å². The number of rotatable bonds is 6. The van der Waals surface area contributed by atoms with Crippen LogP contribution < -0.4 is 0 Å². The molecule has 3 aliphatic rings. The average molecular weight is 360 g/mol. The van der Waals surface area contributed by atoms with Crippen LogP contribution in [0.2, 0.25) is 0 Å². The fraction of sp³-hybridized carbons (Fsp3) is 0.611. The Hall–Kier alpha value is -2.19. The van der Waals surface area contributed by atoms with Crippen molar-refractivity contribution in [2.24, 2.45) is 18.9 Å². The largest absolute Gasteiger partial charge is 0.383 e. The second kappa shape index (κ2) is 6.21. The van der Waals surface area contributed by atoms with Gasteiger partial charge in [-0.2, -0.15) is 5.10 Å². The van der Waals surface area contributed by atoms with Gasteiger partial charge in [-0.05, 0) is 0 Å². The van der Waals surface area contributed by atoms with Crippen molar-refractivity contribution in [2.75, 3.05) is 33.9 Å². The molecule has 8 nitrogen and oxygen atoms in total. The van der Waals surface area contributed by atoms with E-state index in [1.54, 1.807) is 34.8 Å². The van der Waals surface area contributed by atoms with Crippen LogP contribution in [0.25, 0.3) is 0 Å². The van der Waals surface area contributed by atoms with E-state index in [9.17, 15) is 9.59 Å². The van der Waals surface area contributed by atoms with Crippen LogP contribution in [0.4, 0.5) is 0 Å². The Morgan fingerprint density at radius 3 is 3.04 bits per heavy atom. The van der Waals surface area contributed by atoms with E-state index in [1.165, 1.54) is 0 Å². The number of fused-ring (bicyclic) bond motifs is 1. The highest BCUT2D eigenvalue weighted by atomic mass is 16.5. The SMILES string of the molecule is COCCN1C[C@]23C=C[C@H](O2)[C@@H](C(=O)N(C)Cc2cnn(C)c2)[C@@H]3C1=O. The fourth-order valence-corrected chi connectivity index (χ4v) is 4.41. The lowest BCUT2D eigenvalue weighted by molar-refractivity contribution is -0.142. The standard InChI is InChI=1S/C18H24N4O4/c1-20(9-12-8-19-21(2)10-12)16(23)14-13-4-5-18(26-13)11-22(6-7-25-3)17(24)15(14)18/h4-5,8,10,13-15H,6-7,9,11H2,1-3H3/t13-,14+,15+,18-/m0/s1. The third kappa shape index (κ3) is 2.55. The highest BCUT2D eigenvalue weighted by Gasteiger charge is 2.66. The van der Waals surface area contributed by atoms with Gasteiger partial charge in [0.25, 0.3) is 0 Å². The van der Waals surface area contributed by atoms with Gasteiger partial charge >= 0.3 is 0 Å². The van der Waals surface area contributed by atoms with E-state index >= 15 is 0 Å². The lowest BCUT2D eigenvalue weighted by Crippen LogP contribution is -2.44. The van der Waals surface area contributed by atoms with E-state index in [4.69, 9.17) is 9.47 Å². The topological polar surface area (TPSA) is 76.9 Å². The van der Waals surface area contributed by atoms with Gasteiger partial charge in [-0.1, -0.05) is 12.2 Å². The molecule has 2 bridgehead atoms. The second-order valence-corrected chi connectivity index (χ2v) is 7.37. The van der Waals surface area contributed by atoms with Crippen molar-refractivity contribution in [3.63, 3.8) is 0 Å². The normalized spacial score (nSPS) is 31.7. The third-order valence-corrected chi connectivity index (χ3v) is 5.58. The van der Waals surface area contributed by atoms with Crippen molar-refractivity contribution >= 4 is 11.8 Å². The lowest BCUT2D eigenvalue weighted by Gasteiger charge is -2.27. The second-order valence-electron chi connectivity index (χ2n) is 7.37. The van der Waals surface area contributed by atoms with Gasteiger partial charge in [-0.25, -0.2) is 0 Å². The summed E-state index contributed by atoms with van der Waals surface area (Å²) in [5.41, 5.74) is 0.294. The Morgan fingerprint density at radius 2 is 2.35 bits per heavy atom. The van der Waals surface area contributed by atoms with E-state index < -0.39 is 17.4 Å². The van der Waals surface area contributed by atoms with E-state index in [0.717, 1.165) is 5.56 Å². The van der Waals surface area contributed by atoms with E-state index in [0.29, 0.717) is 26.2 Å². The minimum absolute atomic E-state index is 0.0120. The Morgan fingerprint density at radius 1 is 1.54 bits per heavy atom. The first-order valence-electron chi connectivity index (χ1n) is 8.82. The van der Waals surface area contributed by atoms with Gasteiger partial charge in [0.2, 0.25) is 11.8 Å². The highest BCUT2D eigenvalue weighted by Crippen LogP contribution is 2.52. The zero-order chi connectivity index (χ0) is 18.5. The molecule has 4 atom stereocenters. The van der Waals surface area contributed by atoms with Gasteiger partial charge in [0.05, 0.1) is 37.3 Å². The summed E-state index contributed by atoms with van der Waals surface area (Å²) in [5.74, 6) is -0.987. The van der Waals surface area contributed by atoms with Gasteiger partial charge in [-0.15, -0.1) is 0 Å². The minimum Gasteiger partial charge on any atom is -0.383 e. The number of likely N-dealkylation sites (tertiary alicyclic amines) is 1. The van der Waals surface area contributed by atoms with Crippen LogP contribution in [-0.4, -0.2) is 77.0 Å². The zero-order valence-electron chi connectivity index (χ0n) is 15.3. The molecule has 0 aromatic carbocycles. The summed E-state index contributed by atoms with van der Waals surface area (Å²) < 4.78 is 12.9. The van der Waals surface area contributed by atoms with Crippen LogP contribution in [0.5, 0.6) is 0 Å². The number of carbonyl (C=O) groups is 2. The van der Waals surface area contributed by atoms with Gasteiger partial charge in [0.1, 0.15) is 5.60 Å². The van der Waals surface area contributed by atoms with Crippen LogP contribution in [0.15, 0.2) is 24.5 Å². The molecule has 4 rings (SSSR count). The molecule has 1 aromatic heterocycles. The van der Waals surface area contributed by atoms with Gasteiger partial charge in [0.15, 0.2) is 0 Å². The number of hydrogen-bond acceptors (Lipinski definition) is 5. The quantitative estimate of drug-likeness (QED) is 0.657. The van der Waals surface area contributed by atoms with Crippen molar-refractivity contribution in [3.05, 3.63) is 30.1 Å². The maximum absolute atomic E-state index is 13.1. The molecule has 0 N–H and O–H groups in total. The monoisotopic (exact) mass is 360 g/mol. The molecule has 0 saturated carbocycles. The summed E-state index contributed by atoms with van der Waals surface area (Å²) in [6.45, 7) is 1.94. The Balaban J connectivity index is 1.52. The number of carbonyl (C=O) groups excluding carboxylic acids is 2. The third-order valence-electron chi connectivity index (χ3n) is 5.58. The van der Waals surface area contributed by atoms with Crippen LogP contribution in [0.1, 0.15) is 5.56 Å². The minimum atomic E-state index is -0.662. The van der Waals surface area contributed by atoms with Crippen molar-refractivity contribution < 1.29 is 19.1 Å². The molecule has 3 aliphatic heterocycles. The van der Waals surface area contributed by atoms with Crippen LogP contribution in [0, 0.1) is 11.8 Å². The van der Waals surface area contributed by atoms with Crippen LogP contribution >= 0.6 is 0 Å². The molecule has 2 fully saturated rings. The molecule has 4 heterocycles. The summed E-state index contributed by atoms with van der Waals surface area (Å²) in [4.78, 5) is 29.5. The average Bonchev–Trinajstić information content (AvgIpc) is 3.34. The predicted molar refractivity (Wildman–Crippen MR) is 91.9 cm³/mol. The van der Waals surface area contributed by atoms with E-state index in [2.05, 4.69) is 5.10 Å². The van der Waals surface area contributed by atoms with Crippen molar-refractivity contribution in [1.82, 2.24) is 19.6 Å². The number of methoxy groups -OCH3 is 1. The molecule has 0 unspecified atom stereocenters. The zero-order valence-corrected chi connectivity index (χ0v) is 15.3. The van der Waals surface area contributed by atoms with Gasteiger partial charge < -0.3 is 19.3 Å². The van der Waals surface area contributed by atoms with Gasteiger partial charge in [-0.3, -0.25) is 14.3 Å². The molecule has 2 saturated heterocycles. The highest BCUT2D eigenvalue weighted by molar-refractivity contribution is 5.93. The number of aryl methyl sites for hydroxylation is 1. The summed E-state index contributed by atoms with van der Waals surface area (Å²) in [6.07, 6.45) is 7.21. The molecular formula is C18H24N4O4. The predicted octanol–water partition coefficient (Wildman–Crippen LogP) is -0.193. The molecular weight excluding hydrogens is 336 g/mol. The molecule has 0 aliphatic carbocycles. The smallest absolute Gasteiger partial charge is 0.230 e. The van der Waals surface area contributed by atoms with Crippen molar-refractivity contribution in [3.8, 4) is 0 Å². The Kier molecular flexibility index (Phi) is 4.11. The molecule has 1 aromatic rings. The fourth-order valence-electron chi connectivity index (χ4n) is 4.41. The summed E-state index contributed by atoms with van der Waals surface area (Å²) in [5, 5.41) is 4.14. The number of ether oxygens (including phenoxy) is 2. The first-order chi connectivity index (χ1) is 12.4. The number of nitrogens with zero attached hydrogens (tertiary/aromatic N) is 4.